The van der Waals surface area contributed by atoms with Crippen LogP contribution in [0.3, 0.4) is 0 Å². The summed E-state index contributed by atoms with van der Waals surface area (Å²) < 4.78 is 63.5. The van der Waals surface area contributed by atoms with Gasteiger partial charge in [-0.3, -0.25) is 14.8 Å². The highest BCUT2D eigenvalue weighted by atomic mass is 19.4. The molecule has 0 aliphatic carbocycles. The number of halogens is 4. The van der Waals surface area contributed by atoms with E-state index in [0.717, 1.165) is 5.56 Å². The molecule has 9 nitrogen and oxygen atoms in total. The van der Waals surface area contributed by atoms with E-state index in [1.165, 1.54) is 36.8 Å². The summed E-state index contributed by atoms with van der Waals surface area (Å²) in [7, 11) is 3.51. The van der Waals surface area contributed by atoms with Crippen molar-refractivity contribution in [1.29, 1.82) is 0 Å². The summed E-state index contributed by atoms with van der Waals surface area (Å²) >= 11 is 0. The summed E-state index contributed by atoms with van der Waals surface area (Å²) in [5, 5.41) is 12.9. The van der Waals surface area contributed by atoms with E-state index >= 15 is 0 Å². The fourth-order valence-corrected chi connectivity index (χ4v) is 3.79. The molecule has 184 valence electrons. The third-order valence-electron chi connectivity index (χ3n) is 5.40. The topological polar surface area (TPSA) is 99.3 Å². The number of aryl methyl sites for hydroxylation is 2. The number of imidazole rings is 1. The molecule has 0 saturated heterocycles. The molecule has 4 heterocycles. The van der Waals surface area contributed by atoms with Gasteiger partial charge in [0, 0.05) is 49.2 Å². The second-order valence-electron chi connectivity index (χ2n) is 7.97. The number of aromatic amines is 1. The van der Waals surface area contributed by atoms with E-state index in [9.17, 15) is 17.6 Å². The number of alkyl halides is 3. The lowest BCUT2D eigenvalue weighted by molar-refractivity contribution is -0.140. The normalized spacial score (nSPS) is 11.7. The third-order valence-corrected chi connectivity index (χ3v) is 5.40. The maximum absolute atomic E-state index is 14.1. The summed E-state index contributed by atoms with van der Waals surface area (Å²) in [4.78, 5) is 8.73. The first-order chi connectivity index (χ1) is 17.2. The van der Waals surface area contributed by atoms with Crippen LogP contribution in [0.15, 0.2) is 55.2 Å². The van der Waals surface area contributed by atoms with E-state index in [4.69, 9.17) is 4.74 Å². The highest BCUT2D eigenvalue weighted by Crippen LogP contribution is 2.39. The molecule has 1 aromatic carbocycles. The number of aromatic nitrogens is 8. The Morgan fingerprint density at radius 3 is 2.64 bits per heavy atom. The van der Waals surface area contributed by atoms with Crippen LogP contribution in [-0.2, 0) is 26.9 Å². The predicted octanol–water partition coefficient (Wildman–Crippen LogP) is 4.40. The van der Waals surface area contributed by atoms with Crippen LogP contribution in [0.25, 0.3) is 33.9 Å². The Morgan fingerprint density at radius 1 is 1.06 bits per heavy atom. The van der Waals surface area contributed by atoms with Gasteiger partial charge in [-0.15, -0.1) is 5.10 Å². The summed E-state index contributed by atoms with van der Waals surface area (Å²) in [6, 6.07) is 6.95. The first-order valence-corrected chi connectivity index (χ1v) is 10.6. The van der Waals surface area contributed by atoms with Crippen LogP contribution in [0.1, 0.15) is 11.3 Å². The monoisotopic (exact) mass is 498 g/mol. The Hall–Kier alpha value is -4.55. The van der Waals surface area contributed by atoms with E-state index in [0.29, 0.717) is 22.6 Å². The number of hydrogen-bond donors (Lipinski definition) is 1. The lowest BCUT2D eigenvalue weighted by Crippen LogP contribution is -2.07. The molecule has 4 aromatic heterocycles. The van der Waals surface area contributed by atoms with Gasteiger partial charge >= 0.3 is 6.18 Å². The molecular formula is C23H18F4N8O. The van der Waals surface area contributed by atoms with Gasteiger partial charge in [0.15, 0.2) is 5.69 Å². The number of benzene rings is 1. The lowest BCUT2D eigenvalue weighted by Gasteiger charge is -2.13. The number of ether oxygens (including phenoxy) is 1. The summed E-state index contributed by atoms with van der Waals surface area (Å²) in [6.07, 6.45) is 1.66. The molecule has 0 atom stereocenters. The molecule has 1 N–H and O–H groups in total. The van der Waals surface area contributed by atoms with Crippen molar-refractivity contribution in [3.05, 3.63) is 72.3 Å². The van der Waals surface area contributed by atoms with Crippen molar-refractivity contribution in [3.8, 4) is 39.7 Å². The maximum Gasteiger partial charge on any atom is 0.435 e. The highest BCUT2D eigenvalue weighted by molar-refractivity contribution is 5.82. The largest absolute Gasteiger partial charge is 0.488 e. The molecule has 13 heteroatoms. The summed E-state index contributed by atoms with van der Waals surface area (Å²) in [6.45, 7) is 0.150. The van der Waals surface area contributed by atoms with Crippen molar-refractivity contribution < 1.29 is 22.3 Å². The van der Waals surface area contributed by atoms with Gasteiger partial charge in [0.2, 0.25) is 0 Å². The number of rotatable bonds is 6. The summed E-state index contributed by atoms with van der Waals surface area (Å²) in [5.41, 5.74) is 1.26. The zero-order valence-corrected chi connectivity index (χ0v) is 19.0. The molecular weight excluding hydrogens is 480 g/mol. The van der Waals surface area contributed by atoms with Gasteiger partial charge < -0.3 is 9.30 Å². The van der Waals surface area contributed by atoms with Crippen LogP contribution >= 0.6 is 0 Å². The molecule has 0 bridgehead atoms. The Morgan fingerprint density at radius 2 is 1.89 bits per heavy atom. The van der Waals surface area contributed by atoms with Gasteiger partial charge in [-0.1, -0.05) is 5.21 Å². The molecule has 5 rings (SSSR count). The fraction of sp³-hybridized carbons (Fsp3) is 0.174. The fourth-order valence-electron chi connectivity index (χ4n) is 3.79. The summed E-state index contributed by atoms with van der Waals surface area (Å²) in [5.74, 6) is -0.231. The molecule has 0 aliphatic heterocycles. The van der Waals surface area contributed by atoms with Crippen LogP contribution in [0.4, 0.5) is 17.6 Å². The van der Waals surface area contributed by atoms with Crippen LogP contribution in [0, 0.1) is 5.82 Å². The smallest absolute Gasteiger partial charge is 0.435 e. The lowest BCUT2D eigenvalue weighted by atomic mass is 10.0. The number of nitrogens with one attached hydrogen (secondary N) is 1. The van der Waals surface area contributed by atoms with Crippen molar-refractivity contribution >= 4 is 0 Å². The standard InChI is InChI=1S/C23H18F4N8O/c1-34-12-29-20(17-7-14(5-6-28-17)19-22(23(25,26)27)32-33-31-19)21(34)16-4-3-15(24)8-18(16)36-11-13-9-30-35(2)10-13/h3-10,12H,11H2,1-2H3,(H,31,32,33). The van der Waals surface area contributed by atoms with Crippen LogP contribution in [0.2, 0.25) is 0 Å². The maximum atomic E-state index is 14.1. The predicted molar refractivity (Wildman–Crippen MR) is 120 cm³/mol. The van der Waals surface area contributed by atoms with Crippen molar-refractivity contribution in [1.82, 2.24) is 39.7 Å². The van der Waals surface area contributed by atoms with Crippen LogP contribution < -0.4 is 4.74 Å². The van der Waals surface area contributed by atoms with Gasteiger partial charge in [-0.05, 0) is 24.3 Å². The number of H-pyrrole nitrogens is 1. The molecule has 36 heavy (non-hydrogen) atoms. The van der Waals surface area contributed by atoms with Crippen LogP contribution in [0.5, 0.6) is 5.75 Å². The van der Waals surface area contributed by atoms with Gasteiger partial charge in [0.05, 0.1) is 23.9 Å². The molecule has 5 aromatic rings. The highest BCUT2D eigenvalue weighted by Gasteiger charge is 2.37. The molecule has 0 unspecified atom stereocenters. The number of hydrogen-bond acceptors (Lipinski definition) is 6. The zero-order chi connectivity index (χ0) is 25.4. The third kappa shape index (κ3) is 4.42. The molecule has 0 spiro atoms. The van der Waals surface area contributed by atoms with Gasteiger partial charge in [-0.25, -0.2) is 9.37 Å². The second kappa shape index (κ2) is 8.91. The minimum Gasteiger partial charge on any atom is -0.488 e. The average Bonchev–Trinajstić information content (AvgIpc) is 3.58. The SMILES string of the molecule is Cn1cc(COc2cc(F)ccc2-c2c(-c3cc(-c4nn[nH]c4C(F)(F)F)ccn3)ncn2C)cn1. The second-order valence-corrected chi connectivity index (χ2v) is 7.97. The Balaban J connectivity index is 1.56. The molecule has 0 aliphatic rings. The van der Waals surface area contributed by atoms with Gasteiger partial charge in [0.25, 0.3) is 0 Å². The van der Waals surface area contributed by atoms with E-state index in [2.05, 4.69) is 25.4 Å². The molecule has 0 radical (unpaired) electrons. The van der Waals surface area contributed by atoms with E-state index in [1.54, 1.807) is 41.8 Å². The Kier molecular flexibility index (Phi) is 5.74. The molecule has 0 fully saturated rings. The van der Waals surface area contributed by atoms with E-state index in [1.807, 2.05) is 5.10 Å². The van der Waals surface area contributed by atoms with Crippen molar-refractivity contribution in [3.63, 3.8) is 0 Å². The average molecular weight is 498 g/mol. The quantitative estimate of drug-likeness (QED) is 0.349. The molecule has 0 saturated carbocycles. The minimum absolute atomic E-state index is 0.150. The van der Waals surface area contributed by atoms with Gasteiger partial charge in [-0.2, -0.15) is 18.3 Å². The van der Waals surface area contributed by atoms with E-state index < -0.39 is 17.7 Å². The zero-order valence-electron chi connectivity index (χ0n) is 19.0. The minimum atomic E-state index is -4.66. The first kappa shape index (κ1) is 23.2. The van der Waals surface area contributed by atoms with Crippen LogP contribution in [-0.4, -0.2) is 39.7 Å². The first-order valence-electron chi connectivity index (χ1n) is 10.6. The van der Waals surface area contributed by atoms with E-state index in [-0.39, 0.29) is 23.6 Å². The number of nitrogens with zero attached hydrogens (tertiary/aromatic N) is 7. The Labute approximate surface area is 201 Å². The Bertz CT molecular complexity index is 1540. The van der Waals surface area contributed by atoms with Gasteiger partial charge in [0.1, 0.15) is 29.6 Å². The van der Waals surface area contributed by atoms with Crippen molar-refractivity contribution in [2.45, 2.75) is 12.8 Å². The molecule has 0 amide bonds. The van der Waals surface area contributed by atoms with Crippen molar-refractivity contribution in [2.24, 2.45) is 14.1 Å². The number of pyridine rings is 1. The van der Waals surface area contributed by atoms with Crippen molar-refractivity contribution in [2.75, 3.05) is 0 Å².